The fourth-order valence-corrected chi connectivity index (χ4v) is 2.95. The van der Waals surface area contributed by atoms with Crippen molar-refractivity contribution in [2.45, 2.75) is 19.8 Å². The average molecular weight is 439 g/mol. The van der Waals surface area contributed by atoms with Crippen molar-refractivity contribution >= 4 is 46.4 Å². The number of thiazole rings is 1. The molecule has 1 fully saturated rings. The van der Waals surface area contributed by atoms with Gasteiger partial charge >= 0.3 is 0 Å². The van der Waals surface area contributed by atoms with Gasteiger partial charge in [-0.15, -0.1) is 35.3 Å². The van der Waals surface area contributed by atoms with Crippen LogP contribution in [0.1, 0.15) is 19.8 Å². The summed E-state index contributed by atoms with van der Waals surface area (Å²) in [5.41, 5.74) is 6.07. The minimum atomic E-state index is 0. The Bertz CT molecular complexity index is 421. The maximum atomic E-state index is 6.07. The molecule has 1 saturated heterocycles. The van der Waals surface area contributed by atoms with Crippen molar-refractivity contribution in [1.82, 2.24) is 9.88 Å². The van der Waals surface area contributed by atoms with E-state index in [1.165, 1.54) is 0 Å². The highest BCUT2D eigenvalue weighted by atomic mass is 127. The number of guanidine groups is 1. The van der Waals surface area contributed by atoms with E-state index in [-0.39, 0.29) is 24.0 Å². The summed E-state index contributed by atoms with van der Waals surface area (Å²) < 4.78 is 5.30. The third kappa shape index (κ3) is 6.25. The van der Waals surface area contributed by atoms with E-state index in [2.05, 4.69) is 19.8 Å². The van der Waals surface area contributed by atoms with Crippen LogP contribution in [0.3, 0.4) is 0 Å². The first-order valence-corrected chi connectivity index (χ1v) is 8.46. The molecule has 8 heteroatoms. The third-order valence-electron chi connectivity index (χ3n) is 3.47. The van der Waals surface area contributed by atoms with Gasteiger partial charge in [-0.05, 0) is 19.8 Å². The van der Waals surface area contributed by atoms with Gasteiger partial charge in [-0.2, -0.15) is 0 Å². The molecular formula is C14H26IN5OS. The van der Waals surface area contributed by atoms with Crippen LogP contribution >= 0.6 is 35.3 Å². The van der Waals surface area contributed by atoms with E-state index in [0.29, 0.717) is 5.96 Å². The predicted octanol–water partition coefficient (Wildman–Crippen LogP) is 2.01. The zero-order chi connectivity index (χ0) is 14.9. The second-order valence-electron chi connectivity index (χ2n) is 4.93. The van der Waals surface area contributed by atoms with Crippen LogP contribution in [0.5, 0.6) is 0 Å². The van der Waals surface area contributed by atoms with Gasteiger partial charge in [0.25, 0.3) is 0 Å². The average Bonchev–Trinajstić information content (AvgIpc) is 3.05. The topological polar surface area (TPSA) is 67.0 Å². The van der Waals surface area contributed by atoms with E-state index in [1.54, 1.807) is 11.3 Å². The highest BCUT2D eigenvalue weighted by Crippen LogP contribution is 2.18. The summed E-state index contributed by atoms with van der Waals surface area (Å²) in [7, 11) is 0. The fourth-order valence-electron chi connectivity index (χ4n) is 2.25. The van der Waals surface area contributed by atoms with Crippen LogP contribution in [0.25, 0.3) is 0 Å². The molecule has 126 valence electrons. The van der Waals surface area contributed by atoms with E-state index in [4.69, 9.17) is 10.5 Å². The smallest absolute Gasteiger partial charge is 0.191 e. The monoisotopic (exact) mass is 439 g/mol. The molecule has 0 bridgehead atoms. The highest BCUT2D eigenvalue weighted by Gasteiger charge is 2.19. The molecule has 2 rings (SSSR count). The minimum absolute atomic E-state index is 0. The first-order chi connectivity index (χ1) is 10.3. The van der Waals surface area contributed by atoms with Crippen molar-refractivity contribution in [3.8, 4) is 0 Å². The number of anilines is 1. The lowest BCUT2D eigenvalue weighted by molar-refractivity contribution is 0.144. The molecule has 1 aliphatic rings. The Morgan fingerprint density at radius 1 is 1.36 bits per heavy atom. The number of aliphatic imine (C=N–C) groups is 1. The summed E-state index contributed by atoms with van der Waals surface area (Å²) in [6.45, 7) is 8.13. The molecule has 0 amide bonds. The number of halogens is 1. The summed E-state index contributed by atoms with van der Waals surface area (Å²) in [5, 5.41) is 3.11. The number of rotatable bonds is 7. The van der Waals surface area contributed by atoms with Gasteiger partial charge in [0.1, 0.15) is 0 Å². The molecule has 0 atom stereocenters. The second-order valence-corrected chi connectivity index (χ2v) is 5.81. The third-order valence-corrected chi connectivity index (χ3v) is 4.30. The van der Waals surface area contributed by atoms with Gasteiger partial charge < -0.3 is 20.3 Å². The fraction of sp³-hybridized carbons (Fsp3) is 0.714. The van der Waals surface area contributed by atoms with Gasteiger partial charge in [-0.1, -0.05) is 0 Å². The minimum Gasteiger partial charge on any atom is -0.382 e. The molecule has 0 aromatic carbocycles. The normalized spacial score (nSPS) is 15.8. The van der Waals surface area contributed by atoms with Gasteiger partial charge in [-0.3, -0.25) is 4.99 Å². The first kappa shape index (κ1) is 19.4. The van der Waals surface area contributed by atoms with Crippen LogP contribution in [0.4, 0.5) is 5.13 Å². The van der Waals surface area contributed by atoms with Crippen LogP contribution in [0.2, 0.25) is 0 Å². The molecule has 2 N–H and O–H groups in total. The Labute approximate surface area is 153 Å². The number of ether oxygens (including phenoxy) is 1. The maximum absolute atomic E-state index is 6.07. The molecule has 0 spiro atoms. The van der Waals surface area contributed by atoms with Crippen LogP contribution in [0, 0.1) is 0 Å². The number of aromatic nitrogens is 1. The zero-order valence-corrected chi connectivity index (χ0v) is 16.3. The van der Waals surface area contributed by atoms with E-state index in [9.17, 15) is 0 Å². The molecule has 0 unspecified atom stereocenters. The van der Waals surface area contributed by atoms with Gasteiger partial charge in [0.2, 0.25) is 0 Å². The Morgan fingerprint density at radius 2 is 2.14 bits per heavy atom. The van der Waals surface area contributed by atoms with E-state index < -0.39 is 0 Å². The summed E-state index contributed by atoms with van der Waals surface area (Å²) in [4.78, 5) is 13.3. The lowest BCUT2D eigenvalue weighted by atomic mass is 10.3. The van der Waals surface area contributed by atoms with Crippen molar-refractivity contribution in [3.05, 3.63) is 11.6 Å². The van der Waals surface area contributed by atoms with Crippen LogP contribution < -0.4 is 10.6 Å². The predicted molar refractivity (Wildman–Crippen MR) is 104 cm³/mol. The van der Waals surface area contributed by atoms with Crippen LogP contribution in [0.15, 0.2) is 16.6 Å². The van der Waals surface area contributed by atoms with Crippen molar-refractivity contribution < 1.29 is 4.74 Å². The molecule has 0 aliphatic carbocycles. The highest BCUT2D eigenvalue weighted by molar-refractivity contribution is 14.0. The molecule has 1 aliphatic heterocycles. The van der Waals surface area contributed by atoms with Gasteiger partial charge in [-0.25, -0.2) is 4.98 Å². The molecule has 22 heavy (non-hydrogen) atoms. The molecule has 1 aromatic heterocycles. The zero-order valence-electron chi connectivity index (χ0n) is 13.1. The van der Waals surface area contributed by atoms with Gasteiger partial charge in [0, 0.05) is 57.5 Å². The largest absolute Gasteiger partial charge is 0.382 e. The molecule has 0 radical (unpaired) electrons. The maximum Gasteiger partial charge on any atom is 0.191 e. The molecule has 1 aromatic rings. The van der Waals surface area contributed by atoms with Crippen molar-refractivity contribution in [1.29, 1.82) is 0 Å². The Morgan fingerprint density at radius 3 is 2.77 bits per heavy atom. The summed E-state index contributed by atoms with van der Waals surface area (Å²) in [6.07, 6.45) is 3.92. The first-order valence-electron chi connectivity index (χ1n) is 7.58. The van der Waals surface area contributed by atoms with Crippen molar-refractivity contribution in [3.63, 3.8) is 0 Å². The number of hydrogen-bond donors (Lipinski definition) is 1. The summed E-state index contributed by atoms with van der Waals surface area (Å²) in [6, 6.07) is 0. The lowest BCUT2D eigenvalue weighted by Crippen LogP contribution is -2.51. The van der Waals surface area contributed by atoms with E-state index >= 15 is 0 Å². The summed E-state index contributed by atoms with van der Waals surface area (Å²) >= 11 is 1.69. The van der Waals surface area contributed by atoms with E-state index in [0.717, 1.165) is 63.9 Å². The molecular weight excluding hydrogens is 413 g/mol. The summed E-state index contributed by atoms with van der Waals surface area (Å²) in [5.74, 6) is 0.671. The van der Waals surface area contributed by atoms with Crippen molar-refractivity contribution in [2.75, 3.05) is 50.8 Å². The quantitative estimate of drug-likeness (QED) is 0.305. The van der Waals surface area contributed by atoms with Gasteiger partial charge in [0.15, 0.2) is 11.1 Å². The van der Waals surface area contributed by atoms with Crippen LogP contribution in [-0.2, 0) is 4.74 Å². The van der Waals surface area contributed by atoms with Crippen LogP contribution in [-0.4, -0.2) is 61.8 Å². The molecule has 6 nitrogen and oxygen atoms in total. The number of hydrogen-bond acceptors (Lipinski definition) is 5. The Kier molecular flexibility index (Phi) is 9.73. The SMILES string of the molecule is CCOCCCCN=C(N)N1CCN(c2nccs2)CC1.I. The second kappa shape index (κ2) is 11.0. The number of nitrogens with zero attached hydrogens (tertiary/aromatic N) is 4. The standard InChI is InChI=1S/C14H25N5OS.HI/c1-2-20-11-4-3-5-16-13(15)18-7-9-19(10-8-18)14-17-6-12-21-14;/h6,12H,2-5,7-11H2,1H3,(H2,15,16);1H. The molecule has 0 saturated carbocycles. The Hall–Kier alpha value is -0.610. The number of piperazine rings is 1. The van der Waals surface area contributed by atoms with Gasteiger partial charge in [0.05, 0.1) is 0 Å². The number of unbranched alkanes of at least 4 members (excludes halogenated alkanes) is 1. The molecule has 2 heterocycles. The van der Waals surface area contributed by atoms with Crippen molar-refractivity contribution in [2.24, 2.45) is 10.7 Å². The lowest BCUT2D eigenvalue weighted by Gasteiger charge is -2.35. The van der Waals surface area contributed by atoms with E-state index in [1.807, 2.05) is 18.5 Å². The number of nitrogens with two attached hydrogens (primary N) is 1. The Balaban J connectivity index is 0.00000242.